The third kappa shape index (κ3) is 3.12. The van der Waals surface area contributed by atoms with Crippen molar-refractivity contribution in [3.63, 3.8) is 0 Å². The van der Waals surface area contributed by atoms with E-state index in [1.54, 1.807) is 11.9 Å². The Morgan fingerprint density at radius 3 is 3.00 bits per heavy atom. The summed E-state index contributed by atoms with van der Waals surface area (Å²) in [6.07, 6.45) is 0.838. The smallest absolute Gasteiger partial charge is 0.306 e. The van der Waals surface area contributed by atoms with E-state index in [1.807, 2.05) is 18.2 Å². The SMILES string of the molecule is COC(=O)CCNCc1ccc2c(c1)CC(=O)N2C. The number of methoxy groups -OCH3 is 1. The van der Waals surface area contributed by atoms with Crippen LogP contribution in [0.3, 0.4) is 0 Å². The molecule has 1 heterocycles. The van der Waals surface area contributed by atoms with Gasteiger partial charge in [0.25, 0.3) is 0 Å². The van der Waals surface area contributed by atoms with Crippen LogP contribution < -0.4 is 10.2 Å². The Kier molecular flexibility index (Phi) is 4.16. The molecule has 0 bridgehead atoms. The number of hydrogen-bond donors (Lipinski definition) is 1. The molecule has 19 heavy (non-hydrogen) atoms. The molecule has 1 aliphatic heterocycles. The number of likely N-dealkylation sites (N-methyl/N-ethyl adjacent to an activating group) is 1. The van der Waals surface area contributed by atoms with Crippen LogP contribution in [0, 0.1) is 0 Å². The van der Waals surface area contributed by atoms with Crippen molar-refractivity contribution in [1.82, 2.24) is 5.32 Å². The zero-order chi connectivity index (χ0) is 13.8. The van der Waals surface area contributed by atoms with Gasteiger partial charge in [-0.1, -0.05) is 12.1 Å². The van der Waals surface area contributed by atoms with Gasteiger partial charge in [0.2, 0.25) is 5.91 Å². The van der Waals surface area contributed by atoms with E-state index in [1.165, 1.54) is 7.11 Å². The Labute approximate surface area is 112 Å². The molecular weight excluding hydrogens is 244 g/mol. The quantitative estimate of drug-likeness (QED) is 0.631. The molecule has 0 saturated carbocycles. The van der Waals surface area contributed by atoms with Crippen LogP contribution in [0.25, 0.3) is 0 Å². The Morgan fingerprint density at radius 2 is 2.26 bits per heavy atom. The number of amides is 1. The van der Waals surface area contributed by atoms with E-state index in [0.717, 1.165) is 16.8 Å². The molecule has 0 unspecified atom stereocenters. The number of benzene rings is 1. The average molecular weight is 262 g/mol. The number of carbonyl (C=O) groups excluding carboxylic acids is 2. The molecule has 1 aliphatic rings. The lowest BCUT2D eigenvalue weighted by Crippen LogP contribution is -2.20. The van der Waals surface area contributed by atoms with E-state index in [0.29, 0.717) is 25.9 Å². The summed E-state index contributed by atoms with van der Waals surface area (Å²) >= 11 is 0. The molecule has 0 aliphatic carbocycles. The summed E-state index contributed by atoms with van der Waals surface area (Å²) in [5.41, 5.74) is 3.18. The van der Waals surface area contributed by atoms with Gasteiger partial charge in [-0.05, 0) is 17.2 Å². The van der Waals surface area contributed by atoms with Gasteiger partial charge in [-0.3, -0.25) is 9.59 Å². The Balaban J connectivity index is 1.88. The zero-order valence-electron chi connectivity index (χ0n) is 11.2. The molecule has 0 radical (unpaired) electrons. The highest BCUT2D eigenvalue weighted by Crippen LogP contribution is 2.28. The monoisotopic (exact) mass is 262 g/mol. The summed E-state index contributed by atoms with van der Waals surface area (Å²) < 4.78 is 4.56. The minimum absolute atomic E-state index is 0.130. The molecule has 1 aromatic carbocycles. The van der Waals surface area contributed by atoms with Gasteiger partial charge in [0.15, 0.2) is 0 Å². The predicted molar refractivity (Wildman–Crippen MR) is 71.9 cm³/mol. The van der Waals surface area contributed by atoms with Crippen LogP contribution in [0.2, 0.25) is 0 Å². The van der Waals surface area contributed by atoms with Crippen LogP contribution in [0.4, 0.5) is 5.69 Å². The third-order valence-electron chi connectivity index (χ3n) is 3.28. The van der Waals surface area contributed by atoms with Gasteiger partial charge >= 0.3 is 5.97 Å². The minimum Gasteiger partial charge on any atom is -0.469 e. The maximum atomic E-state index is 11.6. The molecule has 5 nitrogen and oxygen atoms in total. The van der Waals surface area contributed by atoms with E-state index in [-0.39, 0.29) is 11.9 Å². The predicted octanol–water partition coefficient (Wildman–Crippen LogP) is 0.858. The van der Waals surface area contributed by atoms with E-state index in [9.17, 15) is 9.59 Å². The van der Waals surface area contributed by atoms with Crippen LogP contribution in [0.1, 0.15) is 17.5 Å². The molecule has 0 saturated heterocycles. The van der Waals surface area contributed by atoms with Crippen LogP contribution >= 0.6 is 0 Å². The summed E-state index contributed by atoms with van der Waals surface area (Å²) in [4.78, 5) is 24.2. The summed E-state index contributed by atoms with van der Waals surface area (Å²) in [5, 5.41) is 3.18. The standard InChI is InChI=1S/C14H18N2O3/c1-16-12-4-3-10(7-11(12)8-13(16)17)9-15-6-5-14(18)19-2/h3-4,7,15H,5-6,8-9H2,1-2H3. The first kappa shape index (κ1) is 13.5. The van der Waals surface area contributed by atoms with Gasteiger partial charge in [-0.25, -0.2) is 0 Å². The molecule has 0 aromatic heterocycles. The molecule has 102 valence electrons. The highest BCUT2D eigenvalue weighted by atomic mass is 16.5. The highest BCUT2D eigenvalue weighted by molar-refractivity contribution is 6.00. The fourth-order valence-electron chi connectivity index (χ4n) is 2.16. The van der Waals surface area contributed by atoms with Crippen LogP contribution in [0.5, 0.6) is 0 Å². The summed E-state index contributed by atoms with van der Waals surface area (Å²) in [6, 6.07) is 6.01. The van der Waals surface area contributed by atoms with Crippen LogP contribution in [-0.2, 0) is 27.3 Å². The largest absolute Gasteiger partial charge is 0.469 e. The second kappa shape index (κ2) is 5.84. The lowest BCUT2D eigenvalue weighted by atomic mass is 10.1. The summed E-state index contributed by atoms with van der Waals surface area (Å²) in [7, 11) is 3.18. The van der Waals surface area contributed by atoms with Crippen molar-refractivity contribution >= 4 is 17.6 Å². The molecule has 0 atom stereocenters. The topological polar surface area (TPSA) is 58.6 Å². The zero-order valence-corrected chi connectivity index (χ0v) is 11.2. The second-order valence-electron chi connectivity index (χ2n) is 4.60. The van der Waals surface area contributed by atoms with Crippen LogP contribution in [-0.4, -0.2) is 32.6 Å². The lowest BCUT2D eigenvalue weighted by Gasteiger charge is -2.10. The normalized spacial score (nSPS) is 13.6. The van der Waals surface area contributed by atoms with Crippen molar-refractivity contribution in [3.05, 3.63) is 29.3 Å². The van der Waals surface area contributed by atoms with Crippen molar-refractivity contribution in [2.45, 2.75) is 19.4 Å². The summed E-state index contributed by atoms with van der Waals surface area (Å²) in [6.45, 7) is 1.27. The number of ether oxygens (including phenoxy) is 1. The molecule has 1 amide bonds. The van der Waals surface area contributed by atoms with E-state index in [2.05, 4.69) is 10.1 Å². The lowest BCUT2D eigenvalue weighted by molar-refractivity contribution is -0.140. The van der Waals surface area contributed by atoms with Crippen molar-refractivity contribution in [3.8, 4) is 0 Å². The van der Waals surface area contributed by atoms with Crippen molar-refractivity contribution < 1.29 is 14.3 Å². The molecule has 0 fully saturated rings. The van der Waals surface area contributed by atoms with Crippen molar-refractivity contribution in [1.29, 1.82) is 0 Å². The molecular formula is C14H18N2O3. The van der Waals surface area contributed by atoms with E-state index in [4.69, 9.17) is 0 Å². The van der Waals surface area contributed by atoms with Crippen molar-refractivity contribution in [2.75, 3.05) is 25.6 Å². The fraction of sp³-hybridized carbons (Fsp3) is 0.429. The maximum Gasteiger partial charge on any atom is 0.306 e. The minimum atomic E-state index is -0.214. The first-order chi connectivity index (χ1) is 9.11. The second-order valence-corrected chi connectivity index (χ2v) is 4.60. The number of hydrogen-bond acceptors (Lipinski definition) is 4. The Morgan fingerprint density at radius 1 is 1.47 bits per heavy atom. The van der Waals surface area contributed by atoms with Gasteiger partial charge in [-0.2, -0.15) is 0 Å². The molecule has 2 rings (SSSR count). The van der Waals surface area contributed by atoms with Gasteiger partial charge in [-0.15, -0.1) is 0 Å². The first-order valence-corrected chi connectivity index (χ1v) is 6.27. The number of fused-ring (bicyclic) bond motifs is 1. The number of esters is 1. The number of nitrogens with zero attached hydrogens (tertiary/aromatic N) is 1. The van der Waals surface area contributed by atoms with Crippen LogP contribution in [0.15, 0.2) is 18.2 Å². The van der Waals surface area contributed by atoms with Gasteiger partial charge in [0.05, 0.1) is 20.0 Å². The highest BCUT2D eigenvalue weighted by Gasteiger charge is 2.23. The maximum absolute atomic E-state index is 11.6. The third-order valence-corrected chi connectivity index (χ3v) is 3.28. The van der Waals surface area contributed by atoms with E-state index < -0.39 is 0 Å². The fourth-order valence-corrected chi connectivity index (χ4v) is 2.16. The Hall–Kier alpha value is -1.88. The van der Waals surface area contributed by atoms with Gasteiger partial charge in [0, 0.05) is 25.8 Å². The number of nitrogens with one attached hydrogen (secondary N) is 1. The van der Waals surface area contributed by atoms with E-state index >= 15 is 0 Å². The molecule has 5 heteroatoms. The summed E-state index contributed by atoms with van der Waals surface area (Å²) in [5.74, 6) is -0.0838. The first-order valence-electron chi connectivity index (χ1n) is 6.27. The number of anilines is 1. The molecule has 1 aromatic rings. The van der Waals surface area contributed by atoms with Gasteiger partial charge in [0.1, 0.15) is 0 Å². The van der Waals surface area contributed by atoms with Gasteiger partial charge < -0.3 is 15.0 Å². The number of rotatable bonds is 5. The average Bonchev–Trinajstić information content (AvgIpc) is 2.69. The molecule has 1 N–H and O–H groups in total. The molecule has 0 spiro atoms. The Bertz CT molecular complexity index is 499. The number of carbonyl (C=O) groups is 2. The van der Waals surface area contributed by atoms with Crippen molar-refractivity contribution in [2.24, 2.45) is 0 Å².